The molecule has 0 heterocycles. The number of carbonyl (C=O) groups excluding carboxylic acids is 1. The van der Waals surface area contributed by atoms with Crippen LogP contribution in [0.15, 0.2) is 36.4 Å². The van der Waals surface area contributed by atoms with Gasteiger partial charge in [-0.25, -0.2) is 0 Å². The van der Waals surface area contributed by atoms with Crippen LogP contribution in [0.2, 0.25) is 15.1 Å². The third kappa shape index (κ3) is 3.39. The number of rotatable bonds is 3. The lowest BCUT2D eigenvalue weighted by molar-refractivity contribution is 0.0979. The van der Waals surface area contributed by atoms with Crippen molar-refractivity contribution in [1.82, 2.24) is 0 Å². The van der Waals surface area contributed by atoms with Crippen LogP contribution in [0.3, 0.4) is 0 Å². The summed E-state index contributed by atoms with van der Waals surface area (Å²) in [7, 11) is 0. The smallest absolute Gasteiger partial charge is 0.184 e. The zero-order valence-electron chi connectivity index (χ0n) is 11.0. The zero-order valence-corrected chi connectivity index (χ0v) is 13.3. The quantitative estimate of drug-likeness (QED) is 0.699. The van der Waals surface area contributed by atoms with Gasteiger partial charge in [0, 0.05) is 20.6 Å². The molecule has 1 atom stereocenters. The fraction of sp³-hybridized carbons (Fsp3) is 0.125. The molecule has 2 aromatic rings. The van der Waals surface area contributed by atoms with E-state index in [-0.39, 0.29) is 5.78 Å². The van der Waals surface area contributed by atoms with Gasteiger partial charge >= 0.3 is 0 Å². The standard InChI is InChI=1S/C16H10Cl3NO/c1-9-2-3-10(6-14(9)18)16(21)13(8-20)12-5-4-11(17)7-15(12)19/h2-7,13H,1H3. The molecule has 5 heteroatoms. The Morgan fingerprint density at radius 1 is 1.10 bits per heavy atom. The van der Waals surface area contributed by atoms with Gasteiger partial charge in [-0.2, -0.15) is 5.26 Å². The highest BCUT2D eigenvalue weighted by atomic mass is 35.5. The summed E-state index contributed by atoms with van der Waals surface area (Å²) in [5.41, 5.74) is 1.68. The third-order valence-corrected chi connectivity index (χ3v) is 4.09. The number of hydrogen-bond donors (Lipinski definition) is 0. The van der Waals surface area contributed by atoms with Gasteiger partial charge in [-0.15, -0.1) is 0 Å². The number of ketones is 1. The minimum absolute atomic E-state index is 0.292. The van der Waals surface area contributed by atoms with Crippen LogP contribution in [0.5, 0.6) is 0 Å². The summed E-state index contributed by atoms with van der Waals surface area (Å²) in [6, 6.07) is 11.6. The van der Waals surface area contributed by atoms with Gasteiger partial charge in [0.2, 0.25) is 0 Å². The van der Waals surface area contributed by atoms with Crippen molar-refractivity contribution < 1.29 is 4.79 Å². The molecule has 0 spiro atoms. The first-order valence-corrected chi connectivity index (χ1v) is 7.22. The normalized spacial score (nSPS) is 11.8. The Bertz CT molecular complexity index is 750. The van der Waals surface area contributed by atoms with Crippen LogP contribution in [0.4, 0.5) is 0 Å². The van der Waals surface area contributed by atoms with Crippen molar-refractivity contribution in [3.05, 3.63) is 68.2 Å². The van der Waals surface area contributed by atoms with Crippen molar-refractivity contribution >= 4 is 40.6 Å². The number of benzene rings is 2. The van der Waals surface area contributed by atoms with E-state index in [0.29, 0.717) is 26.2 Å². The molecule has 0 saturated carbocycles. The van der Waals surface area contributed by atoms with Gasteiger partial charge in [0.25, 0.3) is 0 Å². The minimum atomic E-state index is -0.992. The molecule has 21 heavy (non-hydrogen) atoms. The lowest BCUT2D eigenvalue weighted by Crippen LogP contribution is -2.12. The molecular formula is C16H10Cl3NO. The SMILES string of the molecule is Cc1ccc(C(=O)C(C#N)c2ccc(Cl)cc2Cl)cc1Cl. The van der Waals surface area contributed by atoms with E-state index in [9.17, 15) is 10.1 Å². The van der Waals surface area contributed by atoms with Gasteiger partial charge < -0.3 is 0 Å². The van der Waals surface area contributed by atoms with E-state index in [1.807, 2.05) is 13.0 Å². The summed E-state index contributed by atoms with van der Waals surface area (Å²) in [5, 5.41) is 10.6. The second-order valence-electron chi connectivity index (χ2n) is 4.56. The second kappa shape index (κ2) is 6.49. The molecule has 2 rings (SSSR count). The van der Waals surface area contributed by atoms with Crippen molar-refractivity contribution in [2.75, 3.05) is 0 Å². The highest BCUT2D eigenvalue weighted by molar-refractivity contribution is 6.35. The number of nitrogens with zero attached hydrogens (tertiary/aromatic N) is 1. The third-order valence-electron chi connectivity index (χ3n) is 3.12. The maximum absolute atomic E-state index is 12.5. The average Bonchev–Trinajstić information content (AvgIpc) is 2.44. The molecule has 2 nitrogen and oxygen atoms in total. The van der Waals surface area contributed by atoms with Gasteiger partial charge in [0.15, 0.2) is 5.78 Å². The van der Waals surface area contributed by atoms with Crippen LogP contribution in [0, 0.1) is 18.3 Å². The molecule has 0 aliphatic heterocycles. The summed E-state index contributed by atoms with van der Waals surface area (Å²) < 4.78 is 0. The van der Waals surface area contributed by atoms with E-state index >= 15 is 0 Å². The molecule has 106 valence electrons. The second-order valence-corrected chi connectivity index (χ2v) is 5.81. The zero-order chi connectivity index (χ0) is 15.6. The molecule has 0 aromatic heterocycles. The van der Waals surface area contributed by atoms with Crippen LogP contribution in [0.1, 0.15) is 27.4 Å². The Morgan fingerprint density at radius 3 is 2.38 bits per heavy atom. The van der Waals surface area contributed by atoms with Gasteiger partial charge in [0.05, 0.1) is 6.07 Å². The summed E-state index contributed by atoms with van der Waals surface area (Å²) in [6.07, 6.45) is 0. The summed E-state index contributed by atoms with van der Waals surface area (Å²) in [6.45, 7) is 1.84. The number of Topliss-reactive ketones (excluding diaryl/α,β-unsaturated/α-hetero) is 1. The first kappa shape index (κ1) is 15.9. The Morgan fingerprint density at radius 2 is 1.81 bits per heavy atom. The van der Waals surface area contributed by atoms with Crippen molar-refractivity contribution in [3.63, 3.8) is 0 Å². The van der Waals surface area contributed by atoms with Gasteiger partial charge in [0.1, 0.15) is 5.92 Å². The highest BCUT2D eigenvalue weighted by Crippen LogP contribution is 2.30. The van der Waals surface area contributed by atoms with Crippen molar-refractivity contribution in [2.45, 2.75) is 12.8 Å². The Balaban J connectivity index is 2.43. The van der Waals surface area contributed by atoms with Gasteiger partial charge in [-0.05, 0) is 36.2 Å². The van der Waals surface area contributed by atoms with E-state index in [4.69, 9.17) is 34.8 Å². The van der Waals surface area contributed by atoms with Gasteiger partial charge in [-0.1, -0.05) is 53.0 Å². The van der Waals surface area contributed by atoms with Crippen LogP contribution >= 0.6 is 34.8 Å². The lowest BCUT2D eigenvalue weighted by Gasteiger charge is -2.11. The van der Waals surface area contributed by atoms with E-state index in [1.165, 1.54) is 6.07 Å². The molecule has 0 N–H and O–H groups in total. The maximum atomic E-state index is 12.5. The Labute approximate surface area is 137 Å². The van der Waals surface area contributed by atoms with E-state index in [0.717, 1.165) is 5.56 Å². The van der Waals surface area contributed by atoms with E-state index < -0.39 is 5.92 Å². The highest BCUT2D eigenvalue weighted by Gasteiger charge is 2.24. The van der Waals surface area contributed by atoms with Gasteiger partial charge in [-0.3, -0.25) is 4.79 Å². The molecule has 0 aliphatic rings. The molecule has 0 aliphatic carbocycles. The molecule has 0 fully saturated rings. The molecule has 1 unspecified atom stereocenters. The molecule has 2 aromatic carbocycles. The van der Waals surface area contributed by atoms with E-state index in [1.54, 1.807) is 30.3 Å². The molecule has 0 radical (unpaired) electrons. The van der Waals surface area contributed by atoms with Crippen molar-refractivity contribution in [3.8, 4) is 6.07 Å². The topological polar surface area (TPSA) is 40.9 Å². The number of halogens is 3. The fourth-order valence-electron chi connectivity index (χ4n) is 1.92. The summed E-state index contributed by atoms with van der Waals surface area (Å²) in [5.74, 6) is -1.34. The number of nitriles is 1. The maximum Gasteiger partial charge on any atom is 0.184 e. The van der Waals surface area contributed by atoms with Crippen molar-refractivity contribution in [2.24, 2.45) is 0 Å². The Hall–Kier alpha value is -1.53. The summed E-state index contributed by atoms with van der Waals surface area (Å²) in [4.78, 5) is 12.5. The fourth-order valence-corrected chi connectivity index (χ4v) is 2.62. The average molecular weight is 339 g/mol. The number of aryl methyl sites for hydroxylation is 1. The predicted octanol–water partition coefficient (Wildman–Crippen LogP) is 5.45. The Kier molecular flexibility index (Phi) is 4.90. The molecule has 0 amide bonds. The summed E-state index contributed by atoms with van der Waals surface area (Å²) >= 11 is 17.9. The van der Waals surface area contributed by atoms with Crippen LogP contribution < -0.4 is 0 Å². The van der Waals surface area contributed by atoms with Crippen molar-refractivity contribution in [1.29, 1.82) is 5.26 Å². The minimum Gasteiger partial charge on any atom is -0.292 e. The lowest BCUT2D eigenvalue weighted by atomic mass is 9.91. The molecular weight excluding hydrogens is 329 g/mol. The number of carbonyl (C=O) groups is 1. The first-order valence-electron chi connectivity index (χ1n) is 6.09. The number of hydrogen-bond acceptors (Lipinski definition) is 2. The van der Waals surface area contributed by atoms with E-state index in [2.05, 4.69) is 0 Å². The predicted molar refractivity (Wildman–Crippen MR) is 85.3 cm³/mol. The molecule has 0 saturated heterocycles. The van der Waals surface area contributed by atoms with Crippen LogP contribution in [-0.2, 0) is 0 Å². The van der Waals surface area contributed by atoms with Crippen LogP contribution in [0.25, 0.3) is 0 Å². The first-order chi connectivity index (χ1) is 9.93. The molecule has 0 bridgehead atoms. The largest absolute Gasteiger partial charge is 0.292 e. The monoisotopic (exact) mass is 337 g/mol. The van der Waals surface area contributed by atoms with Crippen LogP contribution in [-0.4, -0.2) is 5.78 Å².